The van der Waals surface area contributed by atoms with Gasteiger partial charge in [-0.2, -0.15) is 0 Å². The monoisotopic (exact) mass is 452 g/mol. The Kier molecular flexibility index (Phi) is 7.99. The SMILES string of the molecule is CS(=O)(=O)CCOc1cccc(NC(=O)/C=C/c2ccc(OCc3ccccn3)cc2)c1. The molecule has 2 aromatic carbocycles. The minimum atomic E-state index is -3.09. The van der Waals surface area contributed by atoms with E-state index in [9.17, 15) is 13.2 Å². The number of carbonyl (C=O) groups is 1. The first-order chi connectivity index (χ1) is 15.4. The van der Waals surface area contributed by atoms with Crippen molar-refractivity contribution in [2.75, 3.05) is 23.9 Å². The number of anilines is 1. The van der Waals surface area contributed by atoms with E-state index in [0.29, 0.717) is 23.8 Å². The minimum absolute atomic E-state index is 0.0533. The molecule has 0 aliphatic carbocycles. The van der Waals surface area contributed by atoms with E-state index < -0.39 is 9.84 Å². The van der Waals surface area contributed by atoms with Crippen molar-refractivity contribution in [3.63, 3.8) is 0 Å². The molecule has 0 saturated heterocycles. The van der Waals surface area contributed by atoms with Crippen molar-refractivity contribution in [3.05, 3.63) is 90.3 Å². The average molecular weight is 453 g/mol. The first-order valence-corrected chi connectivity index (χ1v) is 12.0. The molecule has 0 bridgehead atoms. The number of nitrogens with zero attached hydrogens (tertiary/aromatic N) is 1. The second-order valence-electron chi connectivity index (χ2n) is 7.01. The van der Waals surface area contributed by atoms with Gasteiger partial charge in [0.25, 0.3) is 0 Å². The Balaban J connectivity index is 1.49. The average Bonchev–Trinajstić information content (AvgIpc) is 2.77. The highest BCUT2D eigenvalue weighted by Gasteiger charge is 2.04. The van der Waals surface area contributed by atoms with E-state index in [2.05, 4.69) is 10.3 Å². The molecule has 0 spiro atoms. The summed E-state index contributed by atoms with van der Waals surface area (Å²) in [6.45, 7) is 0.438. The van der Waals surface area contributed by atoms with Crippen LogP contribution in [0.3, 0.4) is 0 Å². The number of rotatable bonds is 10. The molecule has 1 amide bonds. The lowest BCUT2D eigenvalue weighted by Gasteiger charge is -2.08. The largest absolute Gasteiger partial charge is 0.492 e. The van der Waals surface area contributed by atoms with Gasteiger partial charge in [-0.25, -0.2) is 8.42 Å². The molecule has 1 aromatic heterocycles. The molecule has 0 atom stereocenters. The van der Waals surface area contributed by atoms with Crippen LogP contribution in [0.15, 0.2) is 79.0 Å². The standard InChI is InChI=1S/C24H24N2O5S/c1-32(28,29)16-15-30-23-7-4-6-20(17-23)26-24(27)13-10-19-8-11-22(12-9-19)31-18-21-5-2-3-14-25-21/h2-14,17H,15-16,18H2,1H3,(H,26,27)/b13-10+. The number of ether oxygens (including phenoxy) is 2. The van der Waals surface area contributed by atoms with Gasteiger partial charge < -0.3 is 14.8 Å². The quantitative estimate of drug-likeness (QED) is 0.471. The van der Waals surface area contributed by atoms with Crippen LogP contribution in [0.4, 0.5) is 5.69 Å². The number of sulfone groups is 1. The predicted molar refractivity (Wildman–Crippen MR) is 124 cm³/mol. The highest BCUT2D eigenvalue weighted by Crippen LogP contribution is 2.18. The van der Waals surface area contributed by atoms with E-state index in [0.717, 1.165) is 17.5 Å². The molecule has 7 nitrogen and oxygen atoms in total. The maximum Gasteiger partial charge on any atom is 0.248 e. The first-order valence-electron chi connectivity index (χ1n) is 9.90. The molecule has 3 rings (SSSR count). The maximum atomic E-state index is 12.2. The maximum absolute atomic E-state index is 12.2. The lowest BCUT2D eigenvalue weighted by molar-refractivity contribution is -0.111. The van der Waals surface area contributed by atoms with Crippen molar-refractivity contribution < 1.29 is 22.7 Å². The Morgan fingerprint density at radius 2 is 1.81 bits per heavy atom. The van der Waals surface area contributed by atoms with Crippen LogP contribution >= 0.6 is 0 Å². The Bertz CT molecular complexity index is 1160. The van der Waals surface area contributed by atoms with Crippen molar-refractivity contribution in [1.82, 2.24) is 4.98 Å². The van der Waals surface area contributed by atoms with Gasteiger partial charge in [-0.15, -0.1) is 0 Å². The van der Waals surface area contributed by atoms with Crippen LogP contribution < -0.4 is 14.8 Å². The zero-order valence-corrected chi connectivity index (χ0v) is 18.4. The predicted octanol–water partition coefficient (Wildman–Crippen LogP) is 3.74. The number of hydrogen-bond donors (Lipinski definition) is 1. The second kappa shape index (κ2) is 11.1. The molecule has 0 aliphatic heterocycles. The van der Waals surface area contributed by atoms with E-state index in [1.165, 1.54) is 6.08 Å². The van der Waals surface area contributed by atoms with Gasteiger partial charge in [-0.3, -0.25) is 9.78 Å². The summed E-state index contributed by atoms with van der Waals surface area (Å²) in [7, 11) is -3.09. The van der Waals surface area contributed by atoms with E-state index in [1.54, 1.807) is 36.5 Å². The molecule has 8 heteroatoms. The van der Waals surface area contributed by atoms with Crippen LogP contribution in [0.5, 0.6) is 11.5 Å². The summed E-state index contributed by atoms with van der Waals surface area (Å²) in [6, 6.07) is 19.8. The van der Waals surface area contributed by atoms with Gasteiger partial charge in [0.1, 0.15) is 24.7 Å². The second-order valence-corrected chi connectivity index (χ2v) is 9.27. The van der Waals surface area contributed by atoms with Gasteiger partial charge in [0, 0.05) is 30.3 Å². The Labute approximate surface area is 187 Å². The summed E-state index contributed by atoms with van der Waals surface area (Å²) >= 11 is 0. The lowest BCUT2D eigenvalue weighted by Crippen LogP contribution is -2.12. The number of aromatic nitrogens is 1. The zero-order chi connectivity index (χ0) is 22.8. The Morgan fingerprint density at radius 3 is 2.53 bits per heavy atom. The number of carbonyl (C=O) groups excluding carboxylic acids is 1. The molecule has 32 heavy (non-hydrogen) atoms. The van der Waals surface area contributed by atoms with Gasteiger partial charge >= 0.3 is 0 Å². The molecule has 3 aromatic rings. The van der Waals surface area contributed by atoms with Crippen LogP contribution in [0, 0.1) is 0 Å². The molecule has 0 radical (unpaired) electrons. The minimum Gasteiger partial charge on any atom is -0.492 e. The van der Waals surface area contributed by atoms with Crippen molar-refractivity contribution in [1.29, 1.82) is 0 Å². The van der Waals surface area contributed by atoms with Gasteiger partial charge in [0.2, 0.25) is 5.91 Å². The summed E-state index contributed by atoms with van der Waals surface area (Å²) in [5, 5.41) is 2.75. The highest BCUT2D eigenvalue weighted by atomic mass is 32.2. The number of benzene rings is 2. The summed E-state index contributed by atoms with van der Waals surface area (Å²) < 4.78 is 33.5. The van der Waals surface area contributed by atoms with Gasteiger partial charge in [-0.05, 0) is 48.0 Å². The lowest BCUT2D eigenvalue weighted by atomic mass is 10.2. The van der Waals surface area contributed by atoms with Crippen molar-refractivity contribution in [2.24, 2.45) is 0 Å². The van der Waals surface area contributed by atoms with Gasteiger partial charge in [-0.1, -0.05) is 24.3 Å². The number of amides is 1. The molecule has 0 fully saturated rings. The molecule has 0 aliphatic rings. The summed E-state index contributed by atoms with van der Waals surface area (Å²) in [5.41, 5.74) is 2.25. The molecule has 1 N–H and O–H groups in total. The molecular formula is C24H24N2O5S. The molecular weight excluding hydrogens is 428 g/mol. The number of pyridine rings is 1. The van der Waals surface area contributed by atoms with Crippen LogP contribution in [-0.4, -0.2) is 37.9 Å². The third kappa shape index (κ3) is 8.23. The summed E-state index contributed by atoms with van der Waals surface area (Å²) in [5.74, 6) is 0.828. The van der Waals surface area contributed by atoms with Gasteiger partial charge in [0.05, 0.1) is 11.4 Å². The van der Waals surface area contributed by atoms with Crippen molar-refractivity contribution in [2.45, 2.75) is 6.61 Å². The van der Waals surface area contributed by atoms with Crippen LogP contribution in [0.2, 0.25) is 0 Å². The Morgan fingerprint density at radius 1 is 1.00 bits per heavy atom. The normalized spacial score (nSPS) is 11.3. The van der Waals surface area contributed by atoms with Crippen LogP contribution in [0.1, 0.15) is 11.3 Å². The van der Waals surface area contributed by atoms with E-state index in [-0.39, 0.29) is 18.3 Å². The fourth-order valence-electron chi connectivity index (χ4n) is 2.65. The van der Waals surface area contributed by atoms with E-state index in [1.807, 2.05) is 42.5 Å². The molecule has 166 valence electrons. The van der Waals surface area contributed by atoms with E-state index >= 15 is 0 Å². The summed E-state index contributed by atoms with van der Waals surface area (Å²) in [4.78, 5) is 16.4. The third-order valence-electron chi connectivity index (χ3n) is 4.24. The summed E-state index contributed by atoms with van der Waals surface area (Å²) in [6.07, 6.45) is 6.01. The smallest absolute Gasteiger partial charge is 0.248 e. The molecule has 0 saturated carbocycles. The van der Waals surface area contributed by atoms with Crippen molar-refractivity contribution >= 4 is 27.5 Å². The number of hydrogen-bond acceptors (Lipinski definition) is 6. The fourth-order valence-corrected chi connectivity index (χ4v) is 3.03. The third-order valence-corrected chi connectivity index (χ3v) is 5.15. The van der Waals surface area contributed by atoms with E-state index in [4.69, 9.17) is 9.47 Å². The topological polar surface area (TPSA) is 94.6 Å². The number of nitrogens with one attached hydrogen (secondary N) is 1. The highest BCUT2D eigenvalue weighted by molar-refractivity contribution is 7.90. The van der Waals surface area contributed by atoms with Crippen molar-refractivity contribution in [3.8, 4) is 11.5 Å². The van der Waals surface area contributed by atoms with Crippen LogP contribution in [-0.2, 0) is 21.2 Å². The van der Waals surface area contributed by atoms with Crippen LogP contribution in [0.25, 0.3) is 6.08 Å². The zero-order valence-electron chi connectivity index (χ0n) is 17.6. The molecule has 1 heterocycles. The molecule has 0 unspecified atom stereocenters. The first kappa shape index (κ1) is 23.0. The van der Waals surface area contributed by atoms with Gasteiger partial charge in [0.15, 0.2) is 9.84 Å². The fraction of sp³-hybridized carbons (Fsp3) is 0.167. The Hall–Kier alpha value is -3.65.